The number of carbonyl (C=O) groups is 1. The number of nitrogens with zero attached hydrogens (tertiary/aromatic N) is 5. The van der Waals surface area contributed by atoms with Crippen molar-refractivity contribution in [3.05, 3.63) is 59.9 Å². The van der Waals surface area contributed by atoms with Crippen LogP contribution in [0.15, 0.2) is 36.8 Å². The molecule has 1 aromatic carbocycles. The lowest BCUT2D eigenvalue weighted by Gasteiger charge is -2.32. The number of carbonyl (C=O) groups excluding carboxylic acids is 1. The minimum Gasteiger partial charge on any atom is -0.359 e. The fraction of sp³-hybridized carbons (Fsp3) is 0.238. The number of anilines is 2. The lowest BCUT2D eigenvalue weighted by Crippen LogP contribution is -2.40. The number of alkyl halides is 2. The number of benzene rings is 1. The molecular weight excluding hydrogens is 461 g/mol. The molecule has 0 spiro atoms. The third-order valence-electron chi connectivity index (χ3n) is 5.05. The summed E-state index contributed by atoms with van der Waals surface area (Å²) in [5, 5.41) is 10.1. The molecule has 3 aromatic heterocycles. The second-order valence-corrected chi connectivity index (χ2v) is 7.30. The summed E-state index contributed by atoms with van der Waals surface area (Å²) in [6.07, 6.45) is -3.07. The van der Waals surface area contributed by atoms with Gasteiger partial charge in [0.2, 0.25) is 0 Å². The first-order valence-corrected chi connectivity index (χ1v) is 9.69. The SMILES string of the molecule is [2H]C1([2H])CN(c2ncc(-n3cc(C(=O)Nc4c[nH]c5cc(F)c(F)cc45)nn3)cc2F)CC([2H])([2H])C1(F)F. The third kappa shape index (κ3) is 4.04. The monoisotopic (exact) mass is 481 g/mol. The molecule has 0 bridgehead atoms. The highest BCUT2D eigenvalue weighted by Gasteiger charge is 2.35. The maximum Gasteiger partial charge on any atom is 0.277 e. The first-order valence-electron chi connectivity index (χ1n) is 11.7. The highest BCUT2D eigenvalue weighted by Crippen LogP contribution is 2.31. The van der Waals surface area contributed by atoms with E-state index in [0.717, 1.165) is 40.2 Å². The number of amides is 1. The molecule has 4 aromatic rings. The molecule has 0 saturated carbocycles. The average molecular weight is 481 g/mol. The number of hydrogen-bond donors (Lipinski definition) is 2. The molecule has 0 radical (unpaired) electrons. The Morgan fingerprint density at radius 3 is 2.59 bits per heavy atom. The lowest BCUT2D eigenvalue weighted by atomic mass is 10.1. The van der Waals surface area contributed by atoms with Crippen LogP contribution in [0, 0.1) is 17.5 Å². The molecule has 8 nitrogen and oxygen atoms in total. The van der Waals surface area contributed by atoms with E-state index in [1.807, 2.05) is 0 Å². The van der Waals surface area contributed by atoms with Gasteiger partial charge in [0.25, 0.3) is 11.8 Å². The molecule has 1 fully saturated rings. The smallest absolute Gasteiger partial charge is 0.277 e. The van der Waals surface area contributed by atoms with Gasteiger partial charge < -0.3 is 15.2 Å². The van der Waals surface area contributed by atoms with Crippen LogP contribution in [0.4, 0.5) is 33.5 Å². The van der Waals surface area contributed by atoms with E-state index in [1.54, 1.807) is 0 Å². The van der Waals surface area contributed by atoms with Gasteiger partial charge in [0, 0.05) is 55.0 Å². The van der Waals surface area contributed by atoms with Crippen LogP contribution in [0.2, 0.25) is 0 Å². The number of hydrogen-bond acceptors (Lipinski definition) is 5. The van der Waals surface area contributed by atoms with E-state index >= 15 is 0 Å². The molecule has 1 saturated heterocycles. The summed E-state index contributed by atoms with van der Waals surface area (Å²) in [5.41, 5.74) is 0.118. The summed E-state index contributed by atoms with van der Waals surface area (Å²) in [6.45, 7) is -2.00. The number of rotatable bonds is 4. The predicted octanol–water partition coefficient (Wildman–Crippen LogP) is 4.05. The van der Waals surface area contributed by atoms with Crippen LogP contribution in [0.5, 0.6) is 0 Å². The molecule has 0 unspecified atom stereocenters. The maximum absolute atomic E-state index is 14.9. The Kier molecular flexibility index (Phi) is 4.14. The molecule has 13 heteroatoms. The van der Waals surface area contributed by atoms with Crippen LogP contribution in [0.1, 0.15) is 28.7 Å². The zero-order valence-electron chi connectivity index (χ0n) is 20.9. The van der Waals surface area contributed by atoms with Crippen LogP contribution in [-0.4, -0.2) is 49.9 Å². The maximum atomic E-state index is 14.9. The Hall–Kier alpha value is -4.03. The van der Waals surface area contributed by atoms with E-state index in [4.69, 9.17) is 5.48 Å². The predicted molar refractivity (Wildman–Crippen MR) is 112 cm³/mol. The van der Waals surface area contributed by atoms with Gasteiger partial charge in [-0.05, 0) is 6.07 Å². The summed E-state index contributed by atoms with van der Waals surface area (Å²) in [7, 11) is 0. The minimum atomic E-state index is -4.30. The first-order chi connectivity index (χ1) is 17.7. The van der Waals surface area contributed by atoms with Crippen LogP contribution in [0.3, 0.4) is 0 Å². The van der Waals surface area contributed by atoms with E-state index in [2.05, 4.69) is 25.6 Å². The summed E-state index contributed by atoms with van der Waals surface area (Å²) < 4.78 is 102. The molecule has 1 amide bonds. The number of fused-ring (bicyclic) bond motifs is 1. The van der Waals surface area contributed by atoms with Gasteiger partial charge in [-0.1, -0.05) is 5.21 Å². The van der Waals surface area contributed by atoms with Gasteiger partial charge in [-0.15, -0.1) is 5.10 Å². The molecule has 1 aliphatic rings. The standard InChI is InChI=1S/C21H16F5N7O/c22-13-6-12-16(7-14(13)23)27-9-17(12)29-20(34)18-10-33(31-30-18)11-5-15(24)19(28-8-11)32-3-1-21(25,26)2-4-32/h5-10,27H,1-4H2,(H,29,34)/i1D2,2D2. The number of pyridine rings is 1. The fourth-order valence-electron chi connectivity index (χ4n) is 3.34. The third-order valence-corrected chi connectivity index (χ3v) is 5.05. The van der Waals surface area contributed by atoms with E-state index in [0.29, 0.717) is 0 Å². The van der Waals surface area contributed by atoms with Gasteiger partial charge in [-0.25, -0.2) is 31.6 Å². The average Bonchev–Trinajstić information content (AvgIpc) is 3.46. The van der Waals surface area contributed by atoms with Gasteiger partial charge >= 0.3 is 0 Å². The van der Waals surface area contributed by atoms with E-state index in [-0.39, 0.29) is 28.0 Å². The summed E-state index contributed by atoms with van der Waals surface area (Å²) in [4.78, 5) is 19.9. The van der Waals surface area contributed by atoms with Crippen molar-refractivity contribution in [1.82, 2.24) is 25.0 Å². The highest BCUT2D eigenvalue weighted by molar-refractivity contribution is 6.07. The van der Waals surface area contributed by atoms with Crippen molar-refractivity contribution >= 4 is 28.3 Å². The van der Waals surface area contributed by atoms with Crippen molar-refractivity contribution in [2.24, 2.45) is 0 Å². The molecule has 1 aliphatic heterocycles. The van der Waals surface area contributed by atoms with E-state index in [1.165, 1.54) is 6.20 Å². The van der Waals surface area contributed by atoms with Crippen molar-refractivity contribution in [2.75, 3.05) is 23.3 Å². The molecule has 4 heterocycles. The Bertz CT molecular complexity index is 1550. The van der Waals surface area contributed by atoms with Crippen LogP contribution in [-0.2, 0) is 0 Å². The van der Waals surface area contributed by atoms with Crippen LogP contribution in [0.25, 0.3) is 16.6 Å². The molecular formula is C21H16F5N7O. The second kappa shape index (κ2) is 8.08. The number of halogens is 5. The van der Waals surface area contributed by atoms with Crippen LogP contribution < -0.4 is 10.2 Å². The minimum absolute atomic E-state index is 0.0317. The Balaban J connectivity index is 1.36. The second-order valence-electron chi connectivity index (χ2n) is 7.30. The Morgan fingerprint density at radius 1 is 1.12 bits per heavy atom. The summed E-state index contributed by atoms with van der Waals surface area (Å²) in [5.74, 6) is -8.87. The number of piperidine rings is 1. The van der Waals surface area contributed by atoms with Gasteiger partial charge in [-0.2, -0.15) is 0 Å². The van der Waals surface area contributed by atoms with Gasteiger partial charge in [0.05, 0.1) is 29.3 Å². The lowest BCUT2D eigenvalue weighted by molar-refractivity contribution is -0.0222. The van der Waals surface area contributed by atoms with Gasteiger partial charge in [0.1, 0.15) is 0 Å². The molecule has 0 atom stereocenters. The van der Waals surface area contributed by atoms with Crippen molar-refractivity contribution in [2.45, 2.75) is 18.7 Å². The number of nitrogens with one attached hydrogen (secondary N) is 2. The van der Waals surface area contributed by atoms with Crippen molar-refractivity contribution in [3.8, 4) is 5.69 Å². The molecule has 2 N–H and O–H groups in total. The quantitative estimate of drug-likeness (QED) is 0.429. The zero-order valence-corrected chi connectivity index (χ0v) is 16.9. The van der Waals surface area contributed by atoms with Crippen LogP contribution >= 0.6 is 0 Å². The molecule has 0 aliphatic carbocycles. The highest BCUT2D eigenvalue weighted by atomic mass is 19.3. The molecule has 176 valence electrons. The molecule has 5 rings (SSSR count). The van der Waals surface area contributed by atoms with E-state index < -0.39 is 60.9 Å². The topological polar surface area (TPSA) is 91.7 Å². The Labute approximate surface area is 194 Å². The largest absolute Gasteiger partial charge is 0.359 e. The zero-order chi connectivity index (χ0) is 27.6. The molecule has 34 heavy (non-hydrogen) atoms. The number of H-pyrrole nitrogens is 1. The Morgan fingerprint density at radius 2 is 1.85 bits per heavy atom. The van der Waals surface area contributed by atoms with Crippen molar-refractivity contribution in [3.63, 3.8) is 0 Å². The van der Waals surface area contributed by atoms with Gasteiger partial charge in [-0.3, -0.25) is 4.79 Å². The van der Waals surface area contributed by atoms with Gasteiger partial charge in [0.15, 0.2) is 29.0 Å². The number of aromatic amines is 1. The normalized spacial score (nSPS) is 20.3. The first kappa shape index (κ1) is 17.4. The fourth-order valence-corrected chi connectivity index (χ4v) is 3.34. The van der Waals surface area contributed by atoms with E-state index in [9.17, 15) is 26.7 Å². The summed E-state index contributed by atoms with van der Waals surface area (Å²) >= 11 is 0. The van der Waals surface area contributed by atoms with Crippen molar-refractivity contribution in [1.29, 1.82) is 0 Å². The number of aromatic nitrogens is 5. The van der Waals surface area contributed by atoms with Crippen molar-refractivity contribution < 1.29 is 32.2 Å². The summed E-state index contributed by atoms with van der Waals surface area (Å²) in [6, 6.07) is 2.72.